The van der Waals surface area contributed by atoms with E-state index in [9.17, 15) is 14.9 Å². The van der Waals surface area contributed by atoms with Crippen LogP contribution in [0.4, 0.5) is 16.2 Å². The highest BCUT2D eigenvalue weighted by Crippen LogP contribution is 2.29. The van der Waals surface area contributed by atoms with Crippen LogP contribution in [0.2, 0.25) is 5.02 Å². The molecule has 2 aromatic carbocycles. The fourth-order valence-corrected chi connectivity index (χ4v) is 3.51. The SMILES string of the molecule is COc1ccc(Cl)cc1CN1CCN(C(=O)Nc2ccc([N+](=O)[O-])cc2OC)CC1. The summed E-state index contributed by atoms with van der Waals surface area (Å²) in [6.45, 7) is 3.16. The summed E-state index contributed by atoms with van der Waals surface area (Å²) in [5.74, 6) is 1.02. The number of urea groups is 1. The number of carbonyl (C=O) groups excluding carboxylic acids is 1. The zero-order valence-electron chi connectivity index (χ0n) is 16.8. The van der Waals surface area contributed by atoms with Gasteiger partial charge >= 0.3 is 6.03 Å². The molecule has 1 heterocycles. The predicted molar refractivity (Wildman–Crippen MR) is 114 cm³/mol. The number of nitrogens with zero attached hydrogens (tertiary/aromatic N) is 3. The van der Waals surface area contributed by atoms with Gasteiger partial charge in [-0.2, -0.15) is 0 Å². The van der Waals surface area contributed by atoms with Crippen LogP contribution in [0.15, 0.2) is 36.4 Å². The molecule has 0 spiro atoms. The van der Waals surface area contributed by atoms with Gasteiger partial charge in [-0.05, 0) is 24.3 Å². The standard InChI is InChI=1S/C20H23ClN4O5/c1-29-18-6-3-15(21)11-14(18)13-23-7-9-24(10-8-23)20(26)22-17-5-4-16(25(27)28)12-19(17)30-2/h3-6,11-12H,7-10,13H2,1-2H3,(H,22,26). The highest BCUT2D eigenvalue weighted by molar-refractivity contribution is 6.30. The summed E-state index contributed by atoms with van der Waals surface area (Å²) in [5, 5.41) is 14.3. The Morgan fingerprint density at radius 3 is 2.43 bits per heavy atom. The molecular formula is C20H23ClN4O5. The molecule has 9 nitrogen and oxygen atoms in total. The number of non-ortho nitro benzene ring substituents is 1. The maximum atomic E-state index is 12.6. The summed E-state index contributed by atoms with van der Waals surface area (Å²) in [4.78, 5) is 27.0. The lowest BCUT2D eigenvalue weighted by atomic mass is 10.1. The fourth-order valence-electron chi connectivity index (χ4n) is 3.31. The fraction of sp³-hybridized carbons (Fsp3) is 0.350. The van der Waals surface area contributed by atoms with Crippen molar-refractivity contribution < 1.29 is 19.2 Å². The van der Waals surface area contributed by atoms with Crippen molar-refractivity contribution in [2.24, 2.45) is 0 Å². The van der Waals surface area contributed by atoms with Crippen LogP contribution in [-0.4, -0.2) is 61.2 Å². The zero-order valence-corrected chi connectivity index (χ0v) is 17.5. The Morgan fingerprint density at radius 1 is 1.10 bits per heavy atom. The Morgan fingerprint density at radius 2 is 1.80 bits per heavy atom. The predicted octanol–water partition coefficient (Wildman–Crippen LogP) is 3.62. The van der Waals surface area contributed by atoms with E-state index in [0.717, 1.165) is 11.3 Å². The summed E-state index contributed by atoms with van der Waals surface area (Å²) in [6, 6.07) is 9.33. The molecule has 10 heteroatoms. The molecule has 1 saturated heterocycles. The number of nitro benzene ring substituents is 1. The van der Waals surface area contributed by atoms with Gasteiger partial charge in [-0.3, -0.25) is 15.0 Å². The molecule has 0 radical (unpaired) electrons. The van der Waals surface area contributed by atoms with Crippen LogP contribution in [0.5, 0.6) is 11.5 Å². The highest BCUT2D eigenvalue weighted by Gasteiger charge is 2.23. The normalized spacial score (nSPS) is 14.3. The monoisotopic (exact) mass is 434 g/mol. The van der Waals surface area contributed by atoms with Gasteiger partial charge in [0.2, 0.25) is 0 Å². The van der Waals surface area contributed by atoms with Crippen molar-refractivity contribution in [3.8, 4) is 11.5 Å². The first-order valence-corrected chi connectivity index (χ1v) is 9.72. The van der Waals surface area contributed by atoms with Gasteiger partial charge in [-0.25, -0.2) is 4.79 Å². The molecule has 0 bridgehead atoms. The third kappa shape index (κ3) is 5.11. The number of carbonyl (C=O) groups is 1. The average molecular weight is 435 g/mol. The molecule has 0 unspecified atom stereocenters. The Kier molecular flexibility index (Phi) is 6.96. The second kappa shape index (κ2) is 9.64. The minimum Gasteiger partial charge on any atom is -0.496 e. The first-order chi connectivity index (χ1) is 14.4. The van der Waals surface area contributed by atoms with Crippen LogP contribution in [0, 0.1) is 10.1 Å². The average Bonchev–Trinajstić information content (AvgIpc) is 2.74. The number of amides is 2. The number of methoxy groups -OCH3 is 2. The van der Waals surface area contributed by atoms with E-state index in [2.05, 4.69) is 10.2 Å². The van der Waals surface area contributed by atoms with E-state index in [1.54, 1.807) is 18.1 Å². The van der Waals surface area contributed by atoms with Crippen molar-refractivity contribution in [2.45, 2.75) is 6.54 Å². The minimum absolute atomic E-state index is 0.102. The van der Waals surface area contributed by atoms with Crippen molar-refractivity contribution >= 4 is 29.0 Å². The van der Waals surface area contributed by atoms with Crippen molar-refractivity contribution in [3.63, 3.8) is 0 Å². The molecular weight excluding hydrogens is 412 g/mol. The first-order valence-electron chi connectivity index (χ1n) is 9.34. The van der Waals surface area contributed by atoms with Crippen molar-refractivity contribution in [3.05, 3.63) is 57.1 Å². The Bertz CT molecular complexity index is 931. The lowest BCUT2D eigenvalue weighted by Gasteiger charge is -2.35. The largest absolute Gasteiger partial charge is 0.496 e. The molecule has 0 aromatic heterocycles. The molecule has 2 aromatic rings. The number of hydrogen-bond acceptors (Lipinski definition) is 6. The van der Waals surface area contributed by atoms with Gasteiger partial charge in [-0.15, -0.1) is 0 Å². The summed E-state index contributed by atoms with van der Waals surface area (Å²) >= 11 is 6.10. The van der Waals surface area contributed by atoms with Crippen molar-refractivity contribution in [1.29, 1.82) is 0 Å². The van der Waals surface area contributed by atoms with Gasteiger partial charge in [0.05, 0.1) is 30.9 Å². The molecule has 0 aliphatic carbocycles. The van der Waals surface area contributed by atoms with Crippen LogP contribution in [0.25, 0.3) is 0 Å². The quantitative estimate of drug-likeness (QED) is 0.551. The van der Waals surface area contributed by atoms with Gasteiger partial charge in [0.15, 0.2) is 0 Å². The summed E-state index contributed by atoms with van der Waals surface area (Å²) in [7, 11) is 3.03. The Balaban J connectivity index is 1.58. The third-order valence-electron chi connectivity index (χ3n) is 4.93. The first kappa shape index (κ1) is 21.7. The molecule has 0 atom stereocenters. The van der Waals surface area contributed by atoms with Gasteiger partial charge < -0.3 is 19.7 Å². The molecule has 2 amide bonds. The molecule has 1 aliphatic rings. The number of halogens is 1. The van der Waals surface area contributed by atoms with E-state index >= 15 is 0 Å². The third-order valence-corrected chi connectivity index (χ3v) is 5.17. The smallest absolute Gasteiger partial charge is 0.322 e. The van der Waals surface area contributed by atoms with E-state index in [1.165, 1.54) is 25.3 Å². The number of ether oxygens (including phenoxy) is 2. The Labute approximate surface area is 179 Å². The van der Waals surface area contributed by atoms with Crippen LogP contribution < -0.4 is 14.8 Å². The highest BCUT2D eigenvalue weighted by atomic mass is 35.5. The summed E-state index contributed by atoms with van der Waals surface area (Å²) < 4.78 is 10.6. The second-order valence-electron chi connectivity index (χ2n) is 6.79. The van der Waals surface area contributed by atoms with E-state index in [4.69, 9.17) is 21.1 Å². The zero-order chi connectivity index (χ0) is 21.7. The lowest BCUT2D eigenvalue weighted by molar-refractivity contribution is -0.384. The van der Waals surface area contributed by atoms with E-state index < -0.39 is 4.92 Å². The molecule has 1 N–H and O–H groups in total. The number of nitrogens with one attached hydrogen (secondary N) is 1. The van der Waals surface area contributed by atoms with Crippen LogP contribution in [-0.2, 0) is 6.54 Å². The van der Waals surface area contributed by atoms with E-state index in [0.29, 0.717) is 43.4 Å². The summed E-state index contributed by atoms with van der Waals surface area (Å²) in [5.41, 5.74) is 1.28. The van der Waals surface area contributed by atoms with Gasteiger partial charge in [0.1, 0.15) is 11.5 Å². The van der Waals surface area contributed by atoms with Gasteiger partial charge in [0, 0.05) is 49.4 Å². The summed E-state index contributed by atoms with van der Waals surface area (Å²) in [6.07, 6.45) is 0. The second-order valence-corrected chi connectivity index (χ2v) is 7.23. The Hall–Kier alpha value is -3.04. The number of benzene rings is 2. The maximum absolute atomic E-state index is 12.6. The van der Waals surface area contributed by atoms with Gasteiger partial charge in [0.25, 0.3) is 5.69 Å². The number of nitro groups is 1. The van der Waals surface area contributed by atoms with Crippen LogP contribution >= 0.6 is 11.6 Å². The lowest BCUT2D eigenvalue weighted by Crippen LogP contribution is -2.49. The molecule has 1 fully saturated rings. The van der Waals surface area contributed by atoms with Gasteiger partial charge in [-0.1, -0.05) is 11.6 Å². The van der Waals surface area contributed by atoms with Crippen molar-refractivity contribution in [2.75, 3.05) is 45.7 Å². The number of piperazine rings is 1. The van der Waals surface area contributed by atoms with E-state index in [1.807, 2.05) is 12.1 Å². The number of rotatable bonds is 6. The molecule has 0 saturated carbocycles. The van der Waals surface area contributed by atoms with Crippen LogP contribution in [0.3, 0.4) is 0 Å². The number of hydrogen-bond donors (Lipinski definition) is 1. The number of anilines is 1. The minimum atomic E-state index is -0.512. The van der Waals surface area contributed by atoms with E-state index in [-0.39, 0.29) is 17.5 Å². The molecule has 1 aliphatic heterocycles. The van der Waals surface area contributed by atoms with Crippen LogP contribution in [0.1, 0.15) is 5.56 Å². The molecule has 30 heavy (non-hydrogen) atoms. The topological polar surface area (TPSA) is 97.2 Å². The maximum Gasteiger partial charge on any atom is 0.322 e. The molecule has 3 rings (SSSR count). The molecule has 160 valence electrons. The van der Waals surface area contributed by atoms with Crippen molar-refractivity contribution in [1.82, 2.24) is 9.80 Å².